The minimum atomic E-state index is -0.385. The minimum Gasteiger partial charge on any atom is -0.328 e. The van der Waals surface area contributed by atoms with Crippen LogP contribution in [0, 0.1) is 17.6 Å². The van der Waals surface area contributed by atoms with E-state index in [2.05, 4.69) is 4.90 Å². The molecule has 1 aromatic rings. The highest BCUT2D eigenvalue weighted by atomic mass is 19.1. The molecule has 1 fully saturated rings. The fraction of sp³-hybridized carbons (Fsp3) is 0.600. The average molecular weight is 268 g/mol. The first-order valence-electron chi connectivity index (χ1n) is 6.93. The lowest BCUT2D eigenvalue weighted by Crippen LogP contribution is -2.43. The molecular weight excluding hydrogens is 246 g/mol. The lowest BCUT2D eigenvalue weighted by molar-refractivity contribution is 0.119. The number of halogens is 2. The van der Waals surface area contributed by atoms with Crippen LogP contribution in [0.15, 0.2) is 18.2 Å². The van der Waals surface area contributed by atoms with Gasteiger partial charge in [-0.2, -0.15) is 0 Å². The van der Waals surface area contributed by atoms with Gasteiger partial charge in [0, 0.05) is 24.2 Å². The predicted molar refractivity (Wildman–Crippen MR) is 72.7 cm³/mol. The molecule has 19 heavy (non-hydrogen) atoms. The lowest BCUT2D eigenvalue weighted by Gasteiger charge is -2.38. The second kappa shape index (κ2) is 5.97. The van der Waals surface area contributed by atoms with E-state index in [-0.39, 0.29) is 23.7 Å². The van der Waals surface area contributed by atoms with Gasteiger partial charge in [-0.15, -0.1) is 0 Å². The van der Waals surface area contributed by atoms with Gasteiger partial charge < -0.3 is 5.73 Å². The monoisotopic (exact) mass is 268 g/mol. The molecule has 0 aliphatic carbocycles. The van der Waals surface area contributed by atoms with Crippen molar-refractivity contribution in [2.24, 2.45) is 11.7 Å². The van der Waals surface area contributed by atoms with Crippen LogP contribution < -0.4 is 5.73 Å². The molecule has 1 aliphatic heterocycles. The third-order valence-corrected chi connectivity index (χ3v) is 4.19. The van der Waals surface area contributed by atoms with Crippen LogP contribution in [-0.4, -0.2) is 24.0 Å². The third kappa shape index (κ3) is 3.31. The van der Waals surface area contributed by atoms with Crippen LogP contribution >= 0.6 is 0 Å². The van der Waals surface area contributed by atoms with E-state index in [4.69, 9.17) is 5.73 Å². The molecule has 2 nitrogen and oxygen atoms in total. The number of rotatable bonds is 3. The molecule has 0 aromatic heterocycles. The second-order valence-electron chi connectivity index (χ2n) is 5.60. The van der Waals surface area contributed by atoms with Crippen molar-refractivity contribution in [1.82, 2.24) is 4.90 Å². The highest BCUT2D eigenvalue weighted by Gasteiger charge is 2.27. The Hall–Kier alpha value is -1.00. The fourth-order valence-corrected chi connectivity index (χ4v) is 2.85. The van der Waals surface area contributed by atoms with Gasteiger partial charge in [-0.3, -0.25) is 4.90 Å². The summed E-state index contributed by atoms with van der Waals surface area (Å²) in [4.78, 5) is 2.20. The molecule has 106 valence electrons. The smallest absolute Gasteiger partial charge is 0.128 e. The molecule has 0 saturated carbocycles. The maximum absolute atomic E-state index is 13.8. The highest BCUT2D eigenvalue weighted by molar-refractivity contribution is 5.22. The zero-order valence-electron chi connectivity index (χ0n) is 11.6. The summed E-state index contributed by atoms with van der Waals surface area (Å²) in [6, 6.07) is 3.69. The first-order valence-corrected chi connectivity index (χ1v) is 6.93. The molecule has 0 amide bonds. The van der Waals surface area contributed by atoms with Crippen molar-refractivity contribution in [3.63, 3.8) is 0 Å². The van der Waals surface area contributed by atoms with Crippen LogP contribution in [0.2, 0.25) is 0 Å². The first-order chi connectivity index (χ1) is 8.99. The van der Waals surface area contributed by atoms with Gasteiger partial charge in [0.1, 0.15) is 11.6 Å². The average Bonchev–Trinajstić information content (AvgIpc) is 2.41. The van der Waals surface area contributed by atoms with E-state index >= 15 is 0 Å². The quantitative estimate of drug-likeness (QED) is 0.912. The van der Waals surface area contributed by atoms with Crippen LogP contribution in [0.4, 0.5) is 8.78 Å². The maximum Gasteiger partial charge on any atom is 0.128 e. The Morgan fingerprint density at radius 3 is 2.74 bits per heavy atom. The zero-order chi connectivity index (χ0) is 14.0. The summed E-state index contributed by atoms with van der Waals surface area (Å²) in [5, 5.41) is 0. The van der Waals surface area contributed by atoms with Gasteiger partial charge in [-0.25, -0.2) is 8.78 Å². The van der Waals surface area contributed by atoms with E-state index in [1.807, 2.05) is 13.8 Å². The van der Waals surface area contributed by atoms with Gasteiger partial charge in [0.15, 0.2) is 0 Å². The molecule has 1 aliphatic rings. The van der Waals surface area contributed by atoms with E-state index in [0.29, 0.717) is 11.5 Å². The molecular formula is C15H22F2N2. The molecule has 0 radical (unpaired) electrons. The van der Waals surface area contributed by atoms with Gasteiger partial charge in [0.2, 0.25) is 0 Å². The van der Waals surface area contributed by atoms with Gasteiger partial charge >= 0.3 is 0 Å². The number of likely N-dealkylation sites (tertiary alicyclic amines) is 1. The summed E-state index contributed by atoms with van der Waals surface area (Å²) in [5.74, 6) is -0.284. The summed E-state index contributed by atoms with van der Waals surface area (Å²) >= 11 is 0. The molecule has 3 atom stereocenters. The molecule has 2 N–H and O–H groups in total. The normalized spacial score (nSPS) is 24.2. The van der Waals surface area contributed by atoms with E-state index < -0.39 is 0 Å². The number of hydrogen-bond donors (Lipinski definition) is 1. The van der Waals surface area contributed by atoms with Crippen LogP contribution in [-0.2, 0) is 0 Å². The number of nitrogens with zero attached hydrogens (tertiary/aromatic N) is 1. The Balaban J connectivity index is 2.14. The Morgan fingerprint density at radius 1 is 1.32 bits per heavy atom. The summed E-state index contributed by atoms with van der Waals surface area (Å²) in [5.41, 5.74) is 6.40. The van der Waals surface area contributed by atoms with Crippen LogP contribution in [0.5, 0.6) is 0 Å². The van der Waals surface area contributed by atoms with Crippen molar-refractivity contribution < 1.29 is 8.78 Å². The Bertz CT molecular complexity index is 434. The number of nitrogens with two attached hydrogens (primary N) is 1. The number of benzene rings is 1. The van der Waals surface area contributed by atoms with E-state index in [0.717, 1.165) is 32.0 Å². The first kappa shape index (κ1) is 14.4. The topological polar surface area (TPSA) is 29.3 Å². The Labute approximate surface area is 113 Å². The van der Waals surface area contributed by atoms with Crippen molar-refractivity contribution >= 4 is 0 Å². The maximum atomic E-state index is 13.8. The van der Waals surface area contributed by atoms with Crippen molar-refractivity contribution in [2.75, 3.05) is 13.1 Å². The summed E-state index contributed by atoms with van der Waals surface area (Å²) < 4.78 is 27.1. The van der Waals surface area contributed by atoms with Gasteiger partial charge in [-0.1, -0.05) is 0 Å². The van der Waals surface area contributed by atoms with Crippen molar-refractivity contribution in [3.8, 4) is 0 Å². The van der Waals surface area contributed by atoms with Crippen LogP contribution in [0.3, 0.4) is 0 Å². The van der Waals surface area contributed by atoms with Gasteiger partial charge in [0.05, 0.1) is 0 Å². The molecule has 1 saturated heterocycles. The van der Waals surface area contributed by atoms with Crippen molar-refractivity contribution in [1.29, 1.82) is 0 Å². The molecule has 0 bridgehead atoms. The van der Waals surface area contributed by atoms with Crippen molar-refractivity contribution in [3.05, 3.63) is 35.4 Å². The molecule has 4 heteroatoms. The Morgan fingerprint density at radius 2 is 2.05 bits per heavy atom. The summed E-state index contributed by atoms with van der Waals surface area (Å²) in [6.07, 6.45) is 2.18. The van der Waals surface area contributed by atoms with E-state index in [1.54, 1.807) is 0 Å². The highest BCUT2D eigenvalue weighted by Crippen LogP contribution is 2.29. The summed E-state index contributed by atoms with van der Waals surface area (Å²) in [6.45, 7) is 5.72. The minimum absolute atomic E-state index is 0.114. The van der Waals surface area contributed by atoms with E-state index in [9.17, 15) is 8.78 Å². The zero-order valence-corrected chi connectivity index (χ0v) is 11.6. The standard InChI is InChI=1S/C15H22F2N2/c1-10(18)12-4-3-7-19(9-12)11(2)14-8-13(16)5-6-15(14)17/h5-6,8,10-12H,3-4,7,9,18H2,1-2H3. The summed E-state index contributed by atoms with van der Waals surface area (Å²) in [7, 11) is 0. The second-order valence-corrected chi connectivity index (χ2v) is 5.60. The lowest BCUT2D eigenvalue weighted by atomic mass is 9.90. The largest absolute Gasteiger partial charge is 0.328 e. The van der Waals surface area contributed by atoms with E-state index in [1.165, 1.54) is 12.1 Å². The van der Waals surface area contributed by atoms with Gasteiger partial charge in [-0.05, 0) is 57.4 Å². The van der Waals surface area contributed by atoms with Crippen LogP contribution in [0.1, 0.15) is 38.3 Å². The molecule has 1 heterocycles. The molecule has 2 rings (SSSR count). The van der Waals surface area contributed by atoms with Gasteiger partial charge in [0.25, 0.3) is 0 Å². The molecule has 1 aromatic carbocycles. The predicted octanol–water partition coefficient (Wildman–Crippen LogP) is 3.09. The SMILES string of the molecule is CC(N)C1CCCN(C(C)c2cc(F)ccc2F)C1. The molecule has 3 unspecified atom stereocenters. The van der Waals surface area contributed by atoms with Crippen LogP contribution in [0.25, 0.3) is 0 Å². The number of piperidine rings is 1. The molecule has 0 spiro atoms. The van der Waals surface area contributed by atoms with Crippen molar-refractivity contribution in [2.45, 2.75) is 38.8 Å². The fourth-order valence-electron chi connectivity index (χ4n) is 2.85. The Kier molecular flexibility index (Phi) is 4.53. The number of hydrogen-bond acceptors (Lipinski definition) is 2. The third-order valence-electron chi connectivity index (χ3n) is 4.19.